The van der Waals surface area contributed by atoms with Gasteiger partial charge in [0.05, 0.1) is 6.54 Å². The molecule has 3 rings (SSSR count). The summed E-state index contributed by atoms with van der Waals surface area (Å²) in [6.07, 6.45) is 8.69. The molecule has 1 unspecified atom stereocenters. The van der Waals surface area contributed by atoms with Crippen LogP contribution in [0.15, 0.2) is 11.6 Å². The molecule has 0 saturated carbocycles. The molecule has 0 bridgehead atoms. The Kier molecular flexibility index (Phi) is 3.63. The normalized spacial score (nSPS) is 33.0. The molecule has 0 N–H and O–H groups in total. The highest BCUT2D eigenvalue weighted by atomic mass is 16.5. The number of morpholine rings is 1. The molecule has 3 aliphatic rings. The minimum atomic E-state index is -0.0993. The Labute approximate surface area is 115 Å². The largest absolute Gasteiger partial charge is 0.362 e. The number of allylic oxidation sites excluding steroid dienone is 1. The van der Waals surface area contributed by atoms with Crippen molar-refractivity contribution in [1.29, 1.82) is 0 Å². The zero-order valence-electron chi connectivity index (χ0n) is 11.9. The van der Waals surface area contributed by atoms with Gasteiger partial charge < -0.3 is 9.64 Å². The summed E-state index contributed by atoms with van der Waals surface area (Å²) in [6, 6.07) is 0. The van der Waals surface area contributed by atoms with Crippen LogP contribution in [0.2, 0.25) is 0 Å². The summed E-state index contributed by atoms with van der Waals surface area (Å²) in [6.45, 7) is 4.18. The lowest BCUT2D eigenvalue weighted by Gasteiger charge is -2.38. The standard InChI is InChI=1S/C15H24N2O2/c1-16-11-15(19-10-14(16)18)7-8-17(12-15)9-13-5-3-2-4-6-13/h5H,2-4,6-12H2,1H3. The van der Waals surface area contributed by atoms with Crippen molar-refractivity contribution in [3.05, 3.63) is 11.6 Å². The third-order valence-electron chi connectivity index (χ3n) is 4.66. The number of carbonyl (C=O) groups is 1. The van der Waals surface area contributed by atoms with Crippen LogP contribution in [0, 0.1) is 0 Å². The smallest absolute Gasteiger partial charge is 0.248 e. The number of likely N-dealkylation sites (N-methyl/N-ethyl adjacent to an activating group) is 1. The van der Waals surface area contributed by atoms with E-state index in [1.54, 1.807) is 5.57 Å². The minimum Gasteiger partial charge on any atom is -0.362 e. The Morgan fingerprint density at radius 3 is 3.00 bits per heavy atom. The molecular weight excluding hydrogens is 240 g/mol. The maximum atomic E-state index is 11.5. The van der Waals surface area contributed by atoms with Gasteiger partial charge in [-0.05, 0) is 32.1 Å². The topological polar surface area (TPSA) is 32.8 Å². The molecule has 1 atom stereocenters. The van der Waals surface area contributed by atoms with Crippen molar-refractivity contribution in [2.45, 2.75) is 37.7 Å². The number of ether oxygens (including phenoxy) is 1. The van der Waals surface area contributed by atoms with E-state index < -0.39 is 0 Å². The fraction of sp³-hybridized carbons (Fsp3) is 0.800. The van der Waals surface area contributed by atoms with Crippen molar-refractivity contribution >= 4 is 5.91 Å². The predicted octanol–water partition coefficient (Wildman–Crippen LogP) is 1.42. The van der Waals surface area contributed by atoms with Crippen LogP contribution < -0.4 is 0 Å². The van der Waals surface area contributed by atoms with E-state index in [0.717, 1.165) is 32.6 Å². The van der Waals surface area contributed by atoms with Gasteiger partial charge in [0.2, 0.25) is 5.91 Å². The highest BCUT2D eigenvalue weighted by molar-refractivity contribution is 5.78. The van der Waals surface area contributed by atoms with Gasteiger partial charge in [0, 0.05) is 26.7 Å². The first kappa shape index (κ1) is 13.1. The fourth-order valence-corrected chi connectivity index (χ4v) is 3.54. The van der Waals surface area contributed by atoms with Crippen molar-refractivity contribution in [3.63, 3.8) is 0 Å². The van der Waals surface area contributed by atoms with E-state index in [-0.39, 0.29) is 18.1 Å². The summed E-state index contributed by atoms with van der Waals surface area (Å²) in [5, 5.41) is 0. The molecule has 2 fully saturated rings. The average molecular weight is 264 g/mol. The fourth-order valence-electron chi connectivity index (χ4n) is 3.54. The average Bonchev–Trinajstić information content (AvgIpc) is 2.79. The van der Waals surface area contributed by atoms with Crippen LogP contribution in [-0.2, 0) is 9.53 Å². The van der Waals surface area contributed by atoms with Crippen molar-refractivity contribution in [3.8, 4) is 0 Å². The molecule has 106 valence electrons. The molecule has 2 saturated heterocycles. The van der Waals surface area contributed by atoms with E-state index in [9.17, 15) is 4.79 Å². The maximum Gasteiger partial charge on any atom is 0.248 e. The van der Waals surface area contributed by atoms with Gasteiger partial charge in [0.25, 0.3) is 0 Å². The lowest BCUT2D eigenvalue weighted by molar-refractivity contribution is -0.159. The highest BCUT2D eigenvalue weighted by Gasteiger charge is 2.43. The molecule has 19 heavy (non-hydrogen) atoms. The Morgan fingerprint density at radius 2 is 2.26 bits per heavy atom. The van der Waals surface area contributed by atoms with Gasteiger partial charge >= 0.3 is 0 Å². The van der Waals surface area contributed by atoms with E-state index in [4.69, 9.17) is 4.74 Å². The second kappa shape index (κ2) is 5.25. The van der Waals surface area contributed by atoms with E-state index in [2.05, 4.69) is 11.0 Å². The maximum absolute atomic E-state index is 11.5. The second-order valence-electron chi connectivity index (χ2n) is 6.29. The first-order valence-electron chi connectivity index (χ1n) is 7.45. The van der Waals surface area contributed by atoms with Crippen LogP contribution in [-0.4, -0.2) is 61.1 Å². The summed E-state index contributed by atoms with van der Waals surface area (Å²) in [7, 11) is 1.89. The Balaban J connectivity index is 1.57. The van der Waals surface area contributed by atoms with Gasteiger partial charge in [0.1, 0.15) is 12.2 Å². The summed E-state index contributed by atoms with van der Waals surface area (Å²) in [5.74, 6) is 0.110. The van der Waals surface area contributed by atoms with Crippen molar-refractivity contribution < 1.29 is 9.53 Å². The van der Waals surface area contributed by atoms with Gasteiger partial charge in [-0.2, -0.15) is 0 Å². The quantitative estimate of drug-likeness (QED) is 0.707. The molecule has 0 aromatic carbocycles. The third kappa shape index (κ3) is 2.84. The molecule has 1 spiro atoms. The lowest BCUT2D eigenvalue weighted by atomic mass is 9.99. The number of hydrogen-bond donors (Lipinski definition) is 0. The Morgan fingerprint density at radius 1 is 1.37 bits per heavy atom. The number of nitrogens with zero attached hydrogens (tertiary/aromatic N) is 2. The van der Waals surface area contributed by atoms with Crippen LogP contribution in [0.25, 0.3) is 0 Å². The highest BCUT2D eigenvalue weighted by Crippen LogP contribution is 2.30. The Bertz CT molecular complexity index is 394. The summed E-state index contributed by atoms with van der Waals surface area (Å²) in [5.41, 5.74) is 1.50. The zero-order chi connectivity index (χ0) is 13.3. The number of carbonyl (C=O) groups excluding carboxylic acids is 1. The first-order chi connectivity index (χ1) is 9.17. The van der Waals surface area contributed by atoms with Gasteiger partial charge in [-0.15, -0.1) is 0 Å². The lowest BCUT2D eigenvalue weighted by Crippen LogP contribution is -2.54. The molecule has 2 heterocycles. The summed E-state index contributed by atoms with van der Waals surface area (Å²) in [4.78, 5) is 15.8. The van der Waals surface area contributed by atoms with Gasteiger partial charge in [-0.25, -0.2) is 0 Å². The molecule has 0 aromatic rings. The summed E-state index contributed by atoms with van der Waals surface area (Å²) >= 11 is 0. The minimum absolute atomic E-state index is 0.0993. The number of amides is 1. The molecule has 4 nitrogen and oxygen atoms in total. The van der Waals surface area contributed by atoms with E-state index in [1.165, 1.54) is 25.7 Å². The van der Waals surface area contributed by atoms with Crippen molar-refractivity contribution in [2.24, 2.45) is 0 Å². The van der Waals surface area contributed by atoms with Crippen molar-refractivity contribution in [1.82, 2.24) is 9.80 Å². The molecule has 0 radical (unpaired) electrons. The molecular formula is C15H24N2O2. The monoisotopic (exact) mass is 264 g/mol. The third-order valence-corrected chi connectivity index (χ3v) is 4.66. The van der Waals surface area contributed by atoms with Crippen LogP contribution in [0.1, 0.15) is 32.1 Å². The number of rotatable bonds is 2. The zero-order valence-corrected chi connectivity index (χ0v) is 11.9. The van der Waals surface area contributed by atoms with E-state index >= 15 is 0 Å². The molecule has 0 aromatic heterocycles. The van der Waals surface area contributed by atoms with Crippen LogP contribution in [0.4, 0.5) is 0 Å². The van der Waals surface area contributed by atoms with E-state index in [1.807, 2.05) is 11.9 Å². The van der Waals surface area contributed by atoms with Crippen LogP contribution in [0.5, 0.6) is 0 Å². The molecule has 1 aliphatic carbocycles. The second-order valence-corrected chi connectivity index (χ2v) is 6.29. The van der Waals surface area contributed by atoms with Crippen molar-refractivity contribution in [2.75, 3.05) is 39.8 Å². The van der Waals surface area contributed by atoms with Gasteiger partial charge in [0.15, 0.2) is 0 Å². The van der Waals surface area contributed by atoms with Gasteiger partial charge in [-0.3, -0.25) is 9.69 Å². The number of hydrogen-bond acceptors (Lipinski definition) is 3. The molecule has 4 heteroatoms. The molecule has 1 amide bonds. The van der Waals surface area contributed by atoms with Crippen LogP contribution in [0.3, 0.4) is 0 Å². The predicted molar refractivity (Wildman–Crippen MR) is 73.9 cm³/mol. The summed E-state index contributed by atoms with van der Waals surface area (Å²) < 4.78 is 5.88. The van der Waals surface area contributed by atoms with Crippen LogP contribution >= 0.6 is 0 Å². The number of likely N-dealkylation sites (tertiary alicyclic amines) is 1. The van der Waals surface area contributed by atoms with E-state index in [0.29, 0.717) is 0 Å². The molecule has 2 aliphatic heterocycles. The van der Waals surface area contributed by atoms with Gasteiger partial charge in [-0.1, -0.05) is 11.6 Å². The first-order valence-corrected chi connectivity index (χ1v) is 7.45. The SMILES string of the molecule is CN1CC2(CCN(CC3=CCCCC3)C2)OCC1=O. The Hall–Kier alpha value is -0.870.